The molecule has 6 heteroatoms. The third-order valence-corrected chi connectivity index (χ3v) is 5.54. The molecule has 3 aromatic rings. The second kappa shape index (κ2) is 9.06. The van der Waals surface area contributed by atoms with Gasteiger partial charge in [0, 0.05) is 12.2 Å². The molecule has 0 saturated heterocycles. The number of carbonyl (C=O) groups is 1. The van der Waals surface area contributed by atoms with Gasteiger partial charge in [-0.15, -0.1) is 0 Å². The minimum Gasteiger partial charge on any atom is -0.325 e. The number of anilines is 1. The van der Waals surface area contributed by atoms with Gasteiger partial charge < -0.3 is 5.32 Å². The SMILES string of the molecule is CC(C)CCn1c(SC(C)C(=O)Nc2ccccc2)nc2ccccc2c1=O. The maximum absolute atomic E-state index is 13.0. The summed E-state index contributed by atoms with van der Waals surface area (Å²) in [4.78, 5) is 30.3. The number of thioether (sulfide) groups is 1. The van der Waals surface area contributed by atoms with Gasteiger partial charge >= 0.3 is 0 Å². The summed E-state index contributed by atoms with van der Waals surface area (Å²) in [6.45, 7) is 6.67. The largest absolute Gasteiger partial charge is 0.325 e. The highest BCUT2D eigenvalue weighted by molar-refractivity contribution is 8.00. The van der Waals surface area contributed by atoms with E-state index in [0.717, 1.165) is 12.1 Å². The molecule has 0 bridgehead atoms. The van der Waals surface area contributed by atoms with Crippen LogP contribution in [0.1, 0.15) is 27.2 Å². The Morgan fingerprint density at radius 2 is 1.75 bits per heavy atom. The standard InChI is InChI=1S/C22H25N3O2S/c1-15(2)13-14-25-21(27)18-11-7-8-12-19(18)24-22(25)28-16(3)20(26)23-17-9-5-4-6-10-17/h4-12,15-16H,13-14H2,1-3H3,(H,23,26). The highest BCUT2D eigenvalue weighted by Gasteiger charge is 2.19. The van der Waals surface area contributed by atoms with Crippen LogP contribution in [0.4, 0.5) is 5.69 Å². The van der Waals surface area contributed by atoms with Crippen LogP contribution in [-0.4, -0.2) is 20.7 Å². The molecule has 0 saturated carbocycles. The number of amides is 1. The van der Waals surface area contributed by atoms with Crippen LogP contribution in [0, 0.1) is 5.92 Å². The summed E-state index contributed by atoms with van der Waals surface area (Å²) < 4.78 is 1.71. The van der Waals surface area contributed by atoms with Crippen LogP contribution in [0.15, 0.2) is 64.5 Å². The van der Waals surface area contributed by atoms with E-state index in [4.69, 9.17) is 0 Å². The average Bonchev–Trinajstić information content (AvgIpc) is 2.68. The highest BCUT2D eigenvalue weighted by Crippen LogP contribution is 2.24. The van der Waals surface area contributed by atoms with Gasteiger partial charge in [0.05, 0.1) is 16.2 Å². The molecular weight excluding hydrogens is 370 g/mol. The summed E-state index contributed by atoms with van der Waals surface area (Å²) in [5.41, 5.74) is 1.36. The van der Waals surface area contributed by atoms with E-state index in [0.29, 0.717) is 28.5 Å². The van der Waals surface area contributed by atoms with Crippen molar-refractivity contribution in [2.75, 3.05) is 5.32 Å². The van der Waals surface area contributed by atoms with Crippen molar-refractivity contribution in [1.29, 1.82) is 0 Å². The summed E-state index contributed by atoms with van der Waals surface area (Å²) in [7, 11) is 0. The number of hydrogen-bond donors (Lipinski definition) is 1. The van der Waals surface area contributed by atoms with Crippen LogP contribution in [0.5, 0.6) is 0 Å². The fourth-order valence-corrected chi connectivity index (χ4v) is 3.73. The smallest absolute Gasteiger partial charge is 0.262 e. The summed E-state index contributed by atoms with van der Waals surface area (Å²) in [5.74, 6) is 0.351. The minimum absolute atomic E-state index is 0.0515. The first-order valence-electron chi connectivity index (χ1n) is 9.48. The zero-order valence-electron chi connectivity index (χ0n) is 16.4. The molecule has 0 aliphatic carbocycles. The van der Waals surface area contributed by atoms with Crippen LogP contribution in [0.25, 0.3) is 10.9 Å². The minimum atomic E-state index is -0.390. The first kappa shape index (κ1) is 20.1. The number of hydrogen-bond acceptors (Lipinski definition) is 4. The second-order valence-corrected chi connectivity index (χ2v) is 8.47. The van der Waals surface area contributed by atoms with Crippen molar-refractivity contribution in [1.82, 2.24) is 9.55 Å². The first-order valence-corrected chi connectivity index (χ1v) is 10.4. The number of benzene rings is 2. The molecule has 28 heavy (non-hydrogen) atoms. The Bertz CT molecular complexity index is 1020. The third kappa shape index (κ3) is 4.81. The monoisotopic (exact) mass is 395 g/mol. The Morgan fingerprint density at radius 3 is 2.46 bits per heavy atom. The van der Waals surface area contributed by atoms with Crippen LogP contribution in [-0.2, 0) is 11.3 Å². The van der Waals surface area contributed by atoms with Crippen molar-refractivity contribution in [3.63, 3.8) is 0 Å². The fourth-order valence-electron chi connectivity index (χ4n) is 2.80. The number of fused-ring (bicyclic) bond motifs is 1. The molecule has 146 valence electrons. The van der Waals surface area contributed by atoms with Gasteiger partial charge in [-0.05, 0) is 43.5 Å². The van der Waals surface area contributed by atoms with Gasteiger partial charge in [-0.25, -0.2) is 4.98 Å². The van der Waals surface area contributed by atoms with E-state index in [9.17, 15) is 9.59 Å². The maximum atomic E-state index is 13.0. The van der Waals surface area contributed by atoms with Gasteiger partial charge in [-0.1, -0.05) is 55.9 Å². The predicted molar refractivity (Wildman–Crippen MR) is 116 cm³/mol. The van der Waals surface area contributed by atoms with E-state index in [2.05, 4.69) is 24.1 Å². The molecule has 0 fully saturated rings. The first-order chi connectivity index (χ1) is 13.5. The third-order valence-electron chi connectivity index (χ3n) is 4.45. The van der Waals surface area contributed by atoms with Crippen molar-refractivity contribution in [2.24, 2.45) is 5.92 Å². The van der Waals surface area contributed by atoms with Crippen LogP contribution in [0.3, 0.4) is 0 Å². The zero-order chi connectivity index (χ0) is 20.1. The predicted octanol–water partition coefficient (Wildman–Crippen LogP) is 4.56. The molecule has 0 aliphatic heterocycles. The van der Waals surface area contributed by atoms with Gasteiger partial charge in [0.2, 0.25) is 5.91 Å². The van der Waals surface area contributed by atoms with Crippen molar-refractivity contribution in [3.05, 3.63) is 65.0 Å². The summed E-state index contributed by atoms with van der Waals surface area (Å²) in [5, 5.41) is 3.71. The number of nitrogens with one attached hydrogen (secondary N) is 1. The van der Waals surface area contributed by atoms with Crippen molar-refractivity contribution in [2.45, 2.75) is 44.1 Å². The van der Waals surface area contributed by atoms with Crippen molar-refractivity contribution >= 4 is 34.3 Å². The lowest BCUT2D eigenvalue weighted by molar-refractivity contribution is -0.115. The van der Waals surface area contributed by atoms with Crippen LogP contribution in [0.2, 0.25) is 0 Å². The van der Waals surface area contributed by atoms with Crippen molar-refractivity contribution < 1.29 is 4.79 Å². The number of rotatable bonds is 7. The maximum Gasteiger partial charge on any atom is 0.262 e. The van der Waals surface area contributed by atoms with E-state index >= 15 is 0 Å². The Kier molecular flexibility index (Phi) is 6.52. The molecule has 1 N–H and O–H groups in total. The van der Waals surface area contributed by atoms with Gasteiger partial charge in [-0.2, -0.15) is 0 Å². The molecule has 0 aliphatic rings. The molecule has 0 spiro atoms. The molecule has 3 rings (SSSR count). The van der Waals surface area contributed by atoms with E-state index in [1.165, 1.54) is 11.8 Å². The summed E-state index contributed by atoms with van der Waals surface area (Å²) in [6.07, 6.45) is 0.873. The van der Waals surface area contributed by atoms with Crippen molar-refractivity contribution in [3.8, 4) is 0 Å². The molecule has 1 amide bonds. The van der Waals surface area contributed by atoms with Gasteiger partial charge in [0.25, 0.3) is 5.56 Å². The lowest BCUT2D eigenvalue weighted by Gasteiger charge is -2.17. The zero-order valence-corrected chi connectivity index (χ0v) is 17.2. The second-order valence-electron chi connectivity index (χ2n) is 7.17. The molecule has 5 nitrogen and oxygen atoms in total. The topological polar surface area (TPSA) is 64.0 Å². The Morgan fingerprint density at radius 1 is 1.07 bits per heavy atom. The van der Waals surface area contributed by atoms with Crippen LogP contribution < -0.4 is 10.9 Å². The molecular formula is C22H25N3O2S. The van der Waals surface area contributed by atoms with E-state index in [-0.39, 0.29) is 11.5 Å². The Hall–Kier alpha value is -2.60. The Balaban J connectivity index is 1.88. The molecule has 1 heterocycles. The van der Waals surface area contributed by atoms with E-state index in [1.807, 2.05) is 55.5 Å². The van der Waals surface area contributed by atoms with Gasteiger partial charge in [0.15, 0.2) is 5.16 Å². The molecule has 1 aromatic heterocycles. The van der Waals surface area contributed by atoms with Gasteiger partial charge in [0.1, 0.15) is 0 Å². The van der Waals surface area contributed by atoms with Gasteiger partial charge in [-0.3, -0.25) is 14.2 Å². The number of aromatic nitrogens is 2. The molecule has 1 atom stereocenters. The molecule has 0 radical (unpaired) electrons. The van der Waals surface area contributed by atoms with E-state index < -0.39 is 5.25 Å². The lowest BCUT2D eigenvalue weighted by atomic mass is 10.1. The fraction of sp³-hybridized carbons (Fsp3) is 0.318. The Labute approximate surface area is 169 Å². The number of nitrogens with zero attached hydrogens (tertiary/aromatic N) is 2. The number of para-hydroxylation sites is 2. The summed E-state index contributed by atoms with van der Waals surface area (Å²) >= 11 is 1.32. The highest BCUT2D eigenvalue weighted by atomic mass is 32.2. The van der Waals surface area contributed by atoms with Crippen LogP contribution >= 0.6 is 11.8 Å². The summed E-state index contributed by atoms with van der Waals surface area (Å²) in [6, 6.07) is 16.7. The quantitative estimate of drug-likeness (QED) is 0.470. The number of carbonyl (C=O) groups excluding carboxylic acids is 1. The average molecular weight is 396 g/mol. The normalized spacial score (nSPS) is 12.3. The molecule has 2 aromatic carbocycles. The lowest BCUT2D eigenvalue weighted by Crippen LogP contribution is -2.27. The van der Waals surface area contributed by atoms with E-state index in [1.54, 1.807) is 10.6 Å². The molecule has 1 unspecified atom stereocenters.